The third kappa shape index (κ3) is 2.89. The predicted octanol–water partition coefficient (Wildman–Crippen LogP) is 2.37. The number of likely N-dealkylation sites (N-methyl/N-ethyl adjacent to an activating group) is 1. The van der Waals surface area contributed by atoms with Crippen molar-refractivity contribution in [1.29, 1.82) is 0 Å². The Labute approximate surface area is 114 Å². The van der Waals surface area contributed by atoms with Crippen molar-refractivity contribution in [3.63, 3.8) is 0 Å². The molecule has 0 N–H and O–H groups in total. The quantitative estimate of drug-likeness (QED) is 0.765. The lowest BCUT2D eigenvalue weighted by atomic mass is 10.0. The Balaban J connectivity index is 2.19. The molecule has 2 rings (SSSR count). The van der Waals surface area contributed by atoms with Gasteiger partial charge in [-0.3, -0.25) is 9.69 Å². The molecule has 0 aliphatic carbocycles. The fraction of sp³-hybridized carbons (Fsp3) is 0.533. The number of carbonyl (C=O) groups is 1. The molecule has 1 heterocycles. The zero-order valence-corrected chi connectivity index (χ0v) is 11.8. The summed E-state index contributed by atoms with van der Waals surface area (Å²) in [6.07, 6.45) is 0. The van der Waals surface area contributed by atoms with Gasteiger partial charge in [0.05, 0.1) is 6.04 Å². The van der Waals surface area contributed by atoms with Gasteiger partial charge >= 0.3 is 0 Å². The van der Waals surface area contributed by atoms with Crippen LogP contribution in [0.25, 0.3) is 0 Å². The van der Waals surface area contributed by atoms with Gasteiger partial charge in [-0.05, 0) is 38.2 Å². The first-order chi connectivity index (χ1) is 9.17. The summed E-state index contributed by atoms with van der Waals surface area (Å²) in [6, 6.07) is 5.31. The number of hydrogen-bond donors (Lipinski definition) is 0. The van der Waals surface area contributed by atoms with Gasteiger partial charge in [0.2, 0.25) is 0 Å². The third-order valence-electron chi connectivity index (χ3n) is 3.57. The Morgan fingerprint density at radius 3 is 2.47 bits per heavy atom. The normalized spacial score (nSPS) is 15.4. The lowest BCUT2D eigenvalue weighted by molar-refractivity contribution is 0.0850. The Morgan fingerprint density at radius 2 is 1.84 bits per heavy atom. The highest BCUT2D eigenvalue weighted by Gasteiger charge is 2.22. The van der Waals surface area contributed by atoms with Crippen LogP contribution in [0.1, 0.15) is 31.1 Å². The molecule has 1 atom stereocenters. The average molecular weight is 263 g/mol. The Kier molecular flexibility index (Phi) is 4.43. The maximum absolute atomic E-state index is 12.5. The van der Waals surface area contributed by atoms with Crippen LogP contribution in [0.2, 0.25) is 0 Å². The van der Waals surface area contributed by atoms with Crippen LogP contribution in [0.15, 0.2) is 18.2 Å². The van der Waals surface area contributed by atoms with Gasteiger partial charge in [0.25, 0.3) is 0 Å². The molecule has 1 unspecified atom stereocenters. The minimum Gasteiger partial charge on any atom is -0.486 e. The van der Waals surface area contributed by atoms with Crippen molar-refractivity contribution in [2.24, 2.45) is 0 Å². The highest BCUT2D eigenvalue weighted by molar-refractivity contribution is 6.00. The van der Waals surface area contributed by atoms with Crippen molar-refractivity contribution in [3.05, 3.63) is 23.8 Å². The Bertz CT molecular complexity index is 455. The molecule has 1 aromatic rings. The molecule has 4 heteroatoms. The van der Waals surface area contributed by atoms with Gasteiger partial charge in [-0.2, -0.15) is 0 Å². The maximum atomic E-state index is 12.5. The molecule has 0 saturated heterocycles. The lowest BCUT2D eigenvalue weighted by Crippen LogP contribution is -2.38. The van der Waals surface area contributed by atoms with Crippen molar-refractivity contribution in [3.8, 4) is 11.5 Å². The fourth-order valence-electron chi connectivity index (χ4n) is 2.37. The number of ether oxygens (including phenoxy) is 2. The molecular formula is C15H21NO3. The second kappa shape index (κ2) is 6.06. The van der Waals surface area contributed by atoms with Crippen LogP contribution in [-0.4, -0.2) is 43.0 Å². The topological polar surface area (TPSA) is 38.8 Å². The molecule has 0 fully saturated rings. The molecule has 0 spiro atoms. The number of ketones is 1. The van der Waals surface area contributed by atoms with Crippen LogP contribution in [0, 0.1) is 0 Å². The van der Waals surface area contributed by atoms with E-state index in [9.17, 15) is 4.79 Å². The van der Waals surface area contributed by atoms with Crippen molar-refractivity contribution < 1.29 is 14.3 Å². The number of rotatable bonds is 5. The molecular weight excluding hydrogens is 242 g/mol. The Hall–Kier alpha value is -1.55. The van der Waals surface area contributed by atoms with Crippen molar-refractivity contribution >= 4 is 5.78 Å². The molecule has 0 saturated carbocycles. The van der Waals surface area contributed by atoms with Crippen molar-refractivity contribution in [2.75, 3.05) is 26.3 Å². The third-order valence-corrected chi connectivity index (χ3v) is 3.57. The first-order valence-corrected chi connectivity index (χ1v) is 6.85. The molecule has 1 aliphatic heterocycles. The van der Waals surface area contributed by atoms with Crippen LogP contribution >= 0.6 is 0 Å². The van der Waals surface area contributed by atoms with E-state index >= 15 is 0 Å². The molecule has 0 bridgehead atoms. The number of nitrogens with zero attached hydrogens (tertiary/aromatic N) is 1. The van der Waals surface area contributed by atoms with Gasteiger partial charge in [0.15, 0.2) is 17.3 Å². The standard InChI is InChI=1S/C15H21NO3/c1-4-16(5-2)11(3)15(17)12-6-7-13-14(10-12)19-9-8-18-13/h6-7,10-11H,4-5,8-9H2,1-3H3. The Morgan fingerprint density at radius 1 is 1.21 bits per heavy atom. The van der Waals surface area contributed by atoms with Crippen LogP contribution in [0.5, 0.6) is 11.5 Å². The van der Waals surface area contributed by atoms with Crippen molar-refractivity contribution in [2.45, 2.75) is 26.8 Å². The van der Waals surface area contributed by atoms with Gasteiger partial charge in [-0.25, -0.2) is 0 Å². The molecule has 19 heavy (non-hydrogen) atoms. The lowest BCUT2D eigenvalue weighted by Gasteiger charge is -2.25. The van der Waals surface area contributed by atoms with E-state index < -0.39 is 0 Å². The average Bonchev–Trinajstić information content (AvgIpc) is 2.47. The van der Waals surface area contributed by atoms with E-state index in [0.717, 1.165) is 18.8 Å². The summed E-state index contributed by atoms with van der Waals surface area (Å²) in [5, 5.41) is 0. The summed E-state index contributed by atoms with van der Waals surface area (Å²) in [5.41, 5.74) is 0.684. The molecule has 0 amide bonds. The minimum atomic E-state index is -0.113. The zero-order valence-electron chi connectivity index (χ0n) is 11.8. The highest BCUT2D eigenvalue weighted by Crippen LogP contribution is 2.31. The second-order valence-electron chi connectivity index (χ2n) is 4.62. The maximum Gasteiger partial charge on any atom is 0.179 e. The van der Waals surface area contributed by atoms with Crippen molar-refractivity contribution in [1.82, 2.24) is 4.90 Å². The summed E-state index contributed by atoms with van der Waals surface area (Å²) in [4.78, 5) is 14.6. The monoisotopic (exact) mass is 263 g/mol. The van der Waals surface area contributed by atoms with E-state index in [0.29, 0.717) is 24.5 Å². The molecule has 4 nitrogen and oxygen atoms in total. The summed E-state index contributed by atoms with van der Waals surface area (Å²) < 4.78 is 11.0. The van der Waals surface area contributed by atoms with E-state index in [1.807, 2.05) is 19.1 Å². The van der Waals surface area contributed by atoms with Gasteiger partial charge in [0, 0.05) is 5.56 Å². The van der Waals surface area contributed by atoms with Gasteiger partial charge in [-0.15, -0.1) is 0 Å². The van der Waals surface area contributed by atoms with E-state index in [2.05, 4.69) is 18.7 Å². The number of fused-ring (bicyclic) bond motifs is 1. The predicted molar refractivity (Wildman–Crippen MR) is 74.1 cm³/mol. The van der Waals surface area contributed by atoms with Gasteiger partial charge in [0.1, 0.15) is 13.2 Å². The number of carbonyl (C=O) groups excluding carboxylic acids is 1. The van der Waals surface area contributed by atoms with Crippen LogP contribution in [-0.2, 0) is 0 Å². The second-order valence-corrected chi connectivity index (χ2v) is 4.62. The zero-order chi connectivity index (χ0) is 13.8. The number of benzene rings is 1. The summed E-state index contributed by atoms with van der Waals surface area (Å²) in [6.45, 7) is 8.93. The first-order valence-electron chi connectivity index (χ1n) is 6.85. The SMILES string of the molecule is CCN(CC)C(C)C(=O)c1ccc2c(c1)OCCO2. The molecule has 1 aromatic carbocycles. The summed E-state index contributed by atoms with van der Waals surface area (Å²) in [7, 11) is 0. The van der Waals surface area contributed by atoms with Crippen LogP contribution in [0.3, 0.4) is 0 Å². The summed E-state index contributed by atoms with van der Waals surface area (Å²) in [5.74, 6) is 1.52. The van der Waals surface area contributed by atoms with E-state index in [-0.39, 0.29) is 11.8 Å². The molecule has 0 aromatic heterocycles. The van der Waals surface area contributed by atoms with Crippen LogP contribution < -0.4 is 9.47 Å². The van der Waals surface area contributed by atoms with E-state index in [1.54, 1.807) is 6.07 Å². The number of hydrogen-bond acceptors (Lipinski definition) is 4. The molecule has 0 radical (unpaired) electrons. The minimum absolute atomic E-state index is 0.113. The largest absolute Gasteiger partial charge is 0.486 e. The van der Waals surface area contributed by atoms with E-state index in [4.69, 9.17) is 9.47 Å². The highest BCUT2D eigenvalue weighted by atomic mass is 16.6. The first kappa shape index (κ1) is 13.9. The smallest absolute Gasteiger partial charge is 0.179 e. The van der Waals surface area contributed by atoms with Gasteiger partial charge in [-0.1, -0.05) is 13.8 Å². The molecule has 1 aliphatic rings. The number of Topliss-reactive ketones (excluding diaryl/α,β-unsaturated/α-hetero) is 1. The fourth-order valence-corrected chi connectivity index (χ4v) is 2.37. The summed E-state index contributed by atoms with van der Waals surface area (Å²) >= 11 is 0. The van der Waals surface area contributed by atoms with Gasteiger partial charge < -0.3 is 9.47 Å². The van der Waals surface area contributed by atoms with Crippen LogP contribution in [0.4, 0.5) is 0 Å². The molecule has 104 valence electrons. The van der Waals surface area contributed by atoms with E-state index in [1.165, 1.54) is 0 Å².